The second kappa shape index (κ2) is 9.49. The molecule has 1 saturated heterocycles. The summed E-state index contributed by atoms with van der Waals surface area (Å²) in [5.41, 5.74) is 1.27. The third-order valence-corrected chi connectivity index (χ3v) is 7.05. The van der Waals surface area contributed by atoms with E-state index in [1.54, 1.807) is 12.1 Å². The highest BCUT2D eigenvalue weighted by molar-refractivity contribution is 6.05. The number of benzene rings is 1. The number of aromatic nitrogens is 3. The standard InChI is InChI=1S/C27H28F2N4O4/c1-5-32-15(2)12-17-20(32)6-7-21(23(17)29)33-14-19(26(34)31-10-8-16(28)9-11-31)24-18(27(33)35)13-22(36-3)25(30-24)37-4/h6-7,12-14,16H,5,8-11H2,1-4H3. The monoisotopic (exact) mass is 510 g/mol. The van der Waals surface area contributed by atoms with Crippen LogP contribution in [0.3, 0.4) is 0 Å². The van der Waals surface area contributed by atoms with Gasteiger partial charge in [-0.15, -0.1) is 0 Å². The molecule has 0 aliphatic carbocycles. The number of pyridine rings is 2. The SMILES string of the molecule is CCn1c(C)cc2c(F)c(-n3cc(C(=O)N4CCC(F)CC4)c4nc(OC)c(OC)cc4c3=O)ccc21. The first-order chi connectivity index (χ1) is 17.8. The minimum atomic E-state index is -0.961. The van der Waals surface area contributed by atoms with Crippen LogP contribution in [0.25, 0.3) is 27.5 Å². The Morgan fingerprint density at radius 1 is 1.14 bits per heavy atom. The normalized spacial score (nSPS) is 14.5. The molecular formula is C27H28F2N4O4. The average Bonchev–Trinajstić information content (AvgIpc) is 3.24. The van der Waals surface area contributed by atoms with Crippen molar-refractivity contribution in [3.05, 3.63) is 57.9 Å². The predicted octanol–water partition coefficient (Wildman–Crippen LogP) is 4.40. The molecule has 0 saturated carbocycles. The number of alkyl halides is 1. The topological polar surface area (TPSA) is 78.6 Å². The smallest absolute Gasteiger partial charge is 0.264 e. The summed E-state index contributed by atoms with van der Waals surface area (Å²) in [7, 11) is 2.81. The number of amides is 1. The lowest BCUT2D eigenvalue weighted by molar-refractivity contribution is 0.0668. The van der Waals surface area contributed by atoms with Crippen molar-refractivity contribution in [2.45, 2.75) is 39.4 Å². The van der Waals surface area contributed by atoms with Crippen molar-refractivity contribution in [1.82, 2.24) is 19.0 Å². The quantitative estimate of drug-likeness (QED) is 0.398. The third kappa shape index (κ3) is 4.00. The van der Waals surface area contributed by atoms with E-state index in [0.717, 1.165) is 10.3 Å². The third-order valence-electron chi connectivity index (χ3n) is 7.05. The molecule has 194 valence electrons. The van der Waals surface area contributed by atoms with Crippen LogP contribution in [0.2, 0.25) is 0 Å². The van der Waals surface area contributed by atoms with Gasteiger partial charge in [0.2, 0.25) is 0 Å². The molecule has 0 bridgehead atoms. The van der Waals surface area contributed by atoms with E-state index in [9.17, 15) is 14.0 Å². The highest BCUT2D eigenvalue weighted by Crippen LogP contribution is 2.32. The first-order valence-corrected chi connectivity index (χ1v) is 12.2. The van der Waals surface area contributed by atoms with E-state index < -0.39 is 23.5 Å². The second-order valence-corrected chi connectivity index (χ2v) is 9.14. The Labute approximate surface area is 212 Å². The maximum absolute atomic E-state index is 15.9. The van der Waals surface area contributed by atoms with Gasteiger partial charge in [0, 0.05) is 43.0 Å². The van der Waals surface area contributed by atoms with Crippen LogP contribution in [0.15, 0.2) is 35.3 Å². The first kappa shape index (κ1) is 24.7. The van der Waals surface area contributed by atoms with Crippen molar-refractivity contribution in [3.8, 4) is 17.3 Å². The second-order valence-electron chi connectivity index (χ2n) is 9.14. The van der Waals surface area contributed by atoms with Gasteiger partial charge >= 0.3 is 0 Å². The van der Waals surface area contributed by atoms with E-state index in [1.807, 2.05) is 18.4 Å². The molecule has 0 atom stereocenters. The number of ether oxygens (including phenoxy) is 2. The lowest BCUT2D eigenvalue weighted by atomic mass is 10.1. The summed E-state index contributed by atoms with van der Waals surface area (Å²) >= 11 is 0. The number of hydrogen-bond acceptors (Lipinski definition) is 5. The van der Waals surface area contributed by atoms with Gasteiger partial charge in [-0.2, -0.15) is 0 Å². The van der Waals surface area contributed by atoms with Crippen LogP contribution in [-0.4, -0.2) is 58.4 Å². The van der Waals surface area contributed by atoms with Crippen LogP contribution in [0, 0.1) is 12.7 Å². The summed E-state index contributed by atoms with van der Waals surface area (Å²) in [6, 6.07) is 6.49. The molecule has 37 heavy (non-hydrogen) atoms. The van der Waals surface area contributed by atoms with E-state index in [0.29, 0.717) is 17.4 Å². The lowest BCUT2D eigenvalue weighted by Gasteiger charge is -2.29. The predicted molar refractivity (Wildman–Crippen MR) is 136 cm³/mol. The number of aryl methyl sites for hydroxylation is 2. The fourth-order valence-corrected chi connectivity index (χ4v) is 5.10. The van der Waals surface area contributed by atoms with E-state index in [-0.39, 0.29) is 59.7 Å². The highest BCUT2D eigenvalue weighted by atomic mass is 19.1. The van der Waals surface area contributed by atoms with Crippen molar-refractivity contribution in [2.75, 3.05) is 27.3 Å². The van der Waals surface area contributed by atoms with Crippen molar-refractivity contribution in [1.29, 1.82) is 0 Å². The number of fused-ring (bicyclic) bond motifs is 2. The summed E-state index contributed by atoms with van der Waals surface area (Å²) in [6.45, 7) is 5.01. The van der Waals surface area contributed by atoms with Crippen molar-refractivity contribution >= 4 is 27.7 Å². The number of halogens is 2. The molecule has 1 amide bonds. The molecule has 5 rings (SSSR count). The Kier molecular flexibility index (Phi) is 6.35. The van der Waals surface area contributed by atoms with Crippen LogP contribution in [0.4, 0.5) is 8.78 Å². The van der Waals surface area contributed by atoms with Gasteiger partial charge in [-0.25, -0.2) is 13.8 Å². The highest BCUT2D eigenvalue weighted by Gasteiger charge is 2.28. The van der Waals surface area contributed by atoms with Gasteiger partial charge in [0.1, 0.15) is 6.17 Å². The van der Waals surface area contributed by atoms with E-state index in [2.05, 4.69) is 4.98 Å². The molecule has 0 unspecified atom stereocenters. The number of carbonyl (C=O) groups is 1. The van der Waals surface area contributed by atoms with Gasteiger partial charge < -0.3 is 18.9 Å². The van der Waals surface area contributed by atoms with Crippen LogP contribution in [0.1, 0.15) is 35.8 Å². The van der Waals surface area contributed by atoms with Gasteiger partial charge in [0.25, 0.3) is 17.3 Å². The Morgan fingerprint density at radius 2 is 1.86 bits per heavy atom. The fourth-order valence-electron chi connectivity index (χ4n) is 5.10. The summed E-state index contributed by atoms with van der Waals surface area (Å²) in [6.07, 6.45) is 0.818. The molecule has 10 heteroatoms. The molecule has 1 aliphatic heterocycles. The van der Waals surface area contributed by atoms with E-state index >= 15 is 4.39 Å². The molecule has 0 radical (unpaired) electrons. The molecule has 0 N–H and O–H groups in total. The van der Waals surface area contributed by atoms with Gasteiger partial charge in [0.15, 0.2) is 11.6 Å². The number of nitrogens with zero attached hydrogens (tertiary/aromatic N) is 4. The number of methoxy groups -OCH3 is 2. The van der Waals surface area contributed by atoms with Gasteiger partial charge in [0.05, 0.1) is 41.9 Å². The maximum Gasteiger partial charge on any atom is 0.264 e. The maximum atomic E-state index is 15.9. The van der Waals surface area contributed by atoms with Crippen molar-refractivity contribution in [2.24, 2.45) is 0 Å². The summed E-state index contributed by atoms with van der Waals surface area (Å²) in [5.74, 6) is -0.681. The molecule has 0 spiro atoms. The molecule has 1 fully saturated rings. The lowest BCUT2D eigenvalue weighted by Crippen LogP contribution is -2.39. The Bertz CT molecular complexity index is 1590. The zero-order chi connectivity index (χ0) is 26.4. The van der Waals surface area contributed by atoms with Gasteiger partial charge in [-0.05, 0) is 44.9 Å². The summed E-state index contributed by atoms with van der Waals surface area (Å²) in [4.78, 5) is 33.3. The first-order valence-electron chi connectivity index (χ1n) is 12.2. The number of hydrogen-bond donors (Lipinski definition) is 0. The number of likely N-dealkylation sites (tertiary alicyclic amines) is 1. The van der Waals surface area contributed by atoms with Crippen LogP contribution in [-0.2, 0) is 6.54 Å². The van der Waals surface area contributed by atoms with Crippen molar-refractivity contribution < 1.29 is 23.0 Å². The molecule has 3 aromatic heterocycles. The summed E-state index contributed by atoms with van der Waals surface area (Å²) in [5, 5.41) is 0.456. The molecule has 1 aromatic carbocycles. The van der Waals surface area contributed by atoms with Crippen LogP contribution in [0.5, 0.6) is 11.6 Å². The molecule has 4 heterocycles. The van der Waals surface area contributed by atoms with E-state index in [4.69, 9.17) is 9.47 Å². The van der Waals surface area contributed by atoms with E-state index in [1.165, 1.54) is 37.4 Å². The molecule has 1 aliphatic rings. The average molecular weight is 511 g/mol. The van der Waals surface area contributed by atoms with Crippen molar-refractivity contribution in [3.63, 3.8) is 0 Å². The Hall–Kier alpha value is -3.95. The number of carbonyl (C=O) groups excluding carboxylic acids is 1. The molecule has 8 nitrogen and oxygen atoms in total. The fraction of sp³-hybridized carbons (Fsp3) is 0.370. The minimum Gasteiger partial charge on any atom is -0.491 e. The van der Waals surface area contributed by atoms with Gasteiger partial charge in [-0.3, -0.25) is 14.2 Å². The Morgan fingerprint density at radius 3 is 2.51 bits per heavy atom. The van der Waals surface area contributed by atoms with Crippen LogP contribution >= 0.6 is 0 Å². The molecular weight excluding hydrogens is 482 g/mol. The van der Waals surface area contributed by atoms with Crippen LogP contribution < -0.4 is 15.0 Å². The zero-order valence-corrected chi connectivity index (χ0v) is 21.2. The Balaban J connectivity index is 1.78. The minimum absolute atomic E-state index is 0.0129. The number of piperidine rings is 1. The summed E-state index contributed by atoms with van der Waals surface area (Å²) < 4.78 is 43.4. The largest absolute Gasteiger partial charge is 0.491 e. The zero-order valence-electron chi connectivity index (χ0n) is 21.2. The number of rotatable bonds is 5. The van der Waals surface area contributed by atoms with Gasteiger partial charge in [-0.1, -0.05) is 0 Å². The molecule has 4 aromatic rings.